The van der Waals surface area contributed by atoms with Gasteiger partial charge >= 0.3 is 5.97 Å². The van der Waals surface area contributed by atoms with Crippen molar-refractivity contribution in [3.63, 3.8) is 0 Å². The van der Waals surface area contributed by atoms with Crippen LogP contribution in [0.1, 0.15) is 20.7 Å². The fourth-order valence-electron chi connectivity index (χ4n) is 1.87. The molecule has 0 bridgehead atoms. The highest BCUT2D eigenvalue weighted by atomic mass is 35.5. The number of esters is 1. The van der Waals surface area contributed by atoms with Crippen molar-refractivity contribution in [2.45, 2.75) is 4.90 Å². The summed E-state index contributed by atoms with van der Waals surface area (Å²) < 4.78 is 31.7. The van der Waals surface area contributed by atoms with Gasteiger partial charge in [-0.2, -0.15) is 0 Å². The molecule has 1 amide bonds. The van der Waals surface area contributed by atoms with Crippen LogP contribution in [-0.2, 0) is 14.8 Å². The van der Waals surface area contributed by atoms with Crippen molar-refractivity contribution in [2.24, 2.45) is 5.73 Å². The van der Waals surface area contributed by atoms with Gasteiger partial charge in [-0.1, -0.05) is 17.7 Å². The van der Waals surface area contributed by atoms with E-state index in [1.165, 1.54) is 49.6 Å². The van der Waals surface area contributed by atoms with E-state index in [4.69, 9.17) is 17.3 Å². The minimum Gasteiger partial charge on any atom is -0.465 e. The molecule has 3 N–H and O–H groups in total. The summed E-state index contributed by atoms with van der Waals surface area (Å²) in [5.41, 5.74) is 5.34. The topological polar surface area (TPSA) is 116 Å². The molecule has 0 saturated carbocycles. The number of hydrogen-bond donors (Lipinski definition) is 2. The van der Waals surface area contributed by atoms with Crippen molar-refractivity contribution in [1.29, 1.82) is 0 Å². The number of nitrogens with two attached hydrogens (primary N) is 1. The van der Waals surface area contributed by atoms with Gasteiger partial charge in [0.05, 0.1) is 28.3 Å². The number of carbonyl (C=O) groups is 2. The van der Waals surface area contributed by atoms with Crippen LogP contribution >= 0.6 is 11.6 Å². The molecule has 24 heavy (non-hydrogen) atoms. The monoisotopic (exact) mass is 368 g/mol. The van der Waals surface area contributed by atoms with Crippen LogP contribution in [0, 0.1) is 0 Å². The summed E-state index contributed by atoms with van der Waals surface area (Å²) in [5, 5.41) is 0.0905. The molecule has 0 heterocycles. The Morgan fingerprint density at radius 2 is 1.83 bits per heavy atom. The predicted molar refractivity (Wildman–Crippen MR) is 88.6 cm³/mol. The molecular weight excluding hydrogens is 356 g/mol. The van der Waals surface area contributed by atoms with Crippen LogP contribution in [0.2, 0.25) is 5.02 Å². The lowest BCUT2D eigenvalue weighted by atomic mass is 10.2. The number of ether oxygens (including phenoxy) is 1. The normalized spacial score (nSPS) is 10.9. The first-order chi connectivity index (χ1) is 11.2. The predicted octanol–water partition coefficient (Wildman–Crippen LogP) is 2.03. The van der Waals surface area contributed by atoms with Gasteiger partial charge in [-0.15, -0.1) is 0 Å². The Balaban J connectivity index is 2.41. The van der Waals surface area contributed by atoms with Crippen molar-refractivity contribution in [1.82, 2.24) is 0 Å². The van der Waals surface area contributed by atoms with E-state index in [1.54, 1.807) is 0 Å². The van der Waals surface area contributed by atoms with E-state index in [2.05, 4.69) is 9.46 Å². The van der Waals surface area contributed by atoms with Gasteiger partial charge in [0.15, 0.2) is 0 Å². The average molecular weight is 369 g/mol. The van der Waals surface area contributed by atoms with Crippen molar-refractivity contribution in [2.75, 3.05) is 11.8 Å². The number of sulfonamides is 1. The highest BCUT2D eigenvalue weighted by Crippen LogP contribution is 2.26. The summed E-state index contributed by atoms with van der Waals surface area (Å²) in [5.74, 6) is -1.39. The van der Waals surface area contributed by atoms with E-state index in [1.807, 2.05) is 0 Å². The molecule has 2 aromatic carbocycles. The number of rotatable bonds is 5. The van der Waals surface area contributed by atoms with E-state index < -0.39 is 21.9 Å². The fraction of sp³-hybridized carbons (Fsp3) is 0.0667. The Morgan fingerprint density at radius 1 is 1.12 bits per heavy atom. The van der Waals surface area contributed by atoms with Crippen LogP contribution in [0.3, 0.4) is 0 Å². The first-order valence-corrected chi connectivity index (χ1v) is 8.41. The van der Waals surface area contributed by atoms with Crippen LogP contribution < -0.4 is 10.5 Å². The molecule has 0 atom stereocenters. The lowest BCUT2D eigenvalue weighted by Gasteiger charge is -2.11. The summed E-state index contributed by atoms with van der Waals surface area (Å²) in [6.45, 7) is 0. The summed E-state index contributed by atoms with van der Waals surface area (Å²) in [6.07, 6.45) is 0. The van der Waals surface area contributed by atoms with Gasteiger partial charge in [-0.3, -0.25) is 9.52 Å². The van der Waals surface area contributed by atoms with Crippen molar-refractivity contribution < 1.29 is 22.7 Å². The molecule has 0 aliphatic heterocycles. The molecule has 0 aliphatic carbocycles. The van der Waals surface area contributed by atoms with Gasteiger partial charge in [0.2, 0.25) is 5.91 Å². The minimum atomic E-state index is -4.04. The van der Waals surface area contributed by atoms with E-state index >= 15 is 0 Å². The standard InChI is InChI=1S/C15H13ClN2O5S/c1-23-15(20)10-3-2-4-11(7-10)24(21,22)18-13-8-9(14(17)19)5-6-12(13)16/h2-8,18H,1H3,(H2,17,19). The fourth-order valence-corrected chi connectivity index (χ4v) is 3.21. The molecule has 0 radical (unpaired) electrons. The highest BCUT2D eigenvalue weighted by molar-refractivity contribution is 7.92. The second kappa shape index (κ2) is 6.90. The Morgan fingerprint density at radius 3 is 2.46 bits per heavy atom. The van der Waals surface area contributed by atoms with Gasteiger partial charge in [0, 0.05) is 5.56 Å². The van der Waals surface area contributed by atoms with Crippen molar-refractivity contribution >= 4 is 39.2 Å². The molecule has 2 aromatic rings. The Kier molecular flexibility index (Phi) is 5.10. The van der Waals surface area contributed by atoms with Gasteiger partial charge in [0.1, 0.15) is 0 Å². The molecule has 0 unspecified atom stereocenters. The number of nitrogens with one attached hydrogen (secondary N) is 1. The minimum absolute atomic E-state index is 0.00330. The van der Waals surface area contributed by atoms with Gasteiger partial charge in [0.25, 0.3) is 10.0 Å². The molecule has 0 saturated heterocycles. The zero-order valence-corrected chi connectivity index (χ0v) is 14.0. The summed E-state index contributed by atoms with van der Waals surface area (Å²) in [7, 11) is -2.85. The molecule has 0 spiro atoms. The van der Waals surface area contributed by atoms with E-state index in [0.717, 1.165) is 0 Å². The summed E-state index contributed by atoms with van der Waals surface area (Å²) in [4.78, 5) is 22.6. The second-order valence-electron chi connectivity index (χ2n) is 4.68. The molecule has 0 fully saturated rings. The zero-order valence-electron chi connectivity index (χ0n) is 12.4. The van der Waals surface area contributed by atoms with Crippen LogP contribution in [0.15, 0.2) is 47.4 Å². The number of primary amides is 1. The van der Waals surface area contributed by atoms with Crippen LogP contribution in [0.4, 0.5) is 5.69 Å². The number of carbonyl (C=O) groups excluding carboxylic acids is 2. The van der Waals surface area contributed by atoms with Gasteiger partial charge in [-0.05, 0) is 36.4 Å². The number of benzene rings is 2. The first-order valence-electron chi connectivity index (χ1n) is 6.55. The molecule has 0 aromatic heterocycles. The number of amides is 1. The van der Waals surface area contributed by atoms with Gasteiger partial charge < -0.3 is 10.5 Å². The van der Waals surface area contributed by atoms with Crippen LogP contribution in [0.25, 0.3) is 0 Å². The van der Waals surface area contributed by atoms with Gasteiger partial charge in [-0.25, -0.2) is 13.2 Å². The third kappa shape index (κ3) is 3.84. The molecule has 2 rings (SSSR count). The molecule has 0 aliphatic rings. The maximum atomic E-state index is 12.5. The number of anilines is 1. The maximum Gasteiger partial charge on any atom is 0.337 e. The SMILES string of the molecule is COC(=O)c1cccc(S(=O)(=O)Nc2cc(C(N)=O)ccc2Cl)c1. The second-order valence-corrected chi connectivity index (χ2v) is 6.77. The number of halogens is 1. The molecular formula is C15H13ClN2O5S. The Hall–Kier alpha value is -2.58. The van der Waals surface area contributed by atoms with Crippen molar-refractivity contribution in [3.8, 4) is 0 Å². The van der Waals surface area contributed by atoms with E-state index in [0.29, 0.717) is 0 Å². The third-order valence-corrected chi connectivity index (χ3v) is 4.75. The van der Waals surface area contributed by atoms with E-state index in [9.17, 15) is 18.0 Å². The summed E-state index contributed by atoms with van der Waals surface area (Å²) in [6, 6.07) is 9.26. The van der Waals surface area contributed by atoms with Crippen LogP contribution in [0.5, 0.6) is 0 Å². The molecule has 9 heteroatoms. The quantitative estimate of drug-likeness (QED) is 0.783. The zero-order chi connectivity index (χ0) is 17.9. The van der Waals surface area contributed by atoms with E-state index in [-0.39, 0.29) is 26.7 Å². The lowest BCUT2D eigenvalue weighted by molar-refractivity contribution is 0.0600. The molecule has 7 nitrogen and oxygen atoms in total. The third-order valence-electron chi connectivity index (χ3n) is 3.06. The number of methoxy groups -OCH3 is 1. The first kappa shape index (κ1) is 17.8. The van der Waals surface area contributed by atoms with Crippen LogP contribution in [-0.4, -0.2) is 27.4 Å². The smallest absolute Gasteiger partial charge is 0.337 e. The van der Waals surface area contributed by atoms with Crippen molar-refractivity contribution in [3.05, 3.63) is 58.6 Å². The average Bonchev–Trinajstić information content (AvgIpc) is 2.55. The summed E-state index contributed by atoms with van der Waals surface area (Å²) >= 11 is 5.95. The Labute approximate surface area is 143 Å². The maximum absolute atomic E-state index is 12.5. The molecule has 126 valence electrons. The largest absolute Gasteiger partial charge is 0.465 e. The lowest BCUT2D eigenvalue weighted by Crippen LogP contribution is -2.16. The highest BCUT2D eigenvalue weighted by Gasteiger charge is 2.18. The number of hydrogen-bond acceptors (Lipinski definition) is 5. The Bertz CT molecular complexity index is 912.